The molecule has 0 spiro atoms. The van der Waals surface area contributed by atoms with Gasteiger partial charge in [-0.05, 0) is 24.8 Å². The third-order valence-electron chi connectivity index (χ3n) is 5.01. The van der Waals surface area contributed by atoms with Crippen molar-refractivity contribution in [1.29, 1.82) is 5.26 Å². The van der Waals surface area contributed by atoms with Crippen molar-refractivity contribution in [3.8, 4) is 17.3 Å². The Kier molecular flexibility index (Phi) is 3.98. The molecule has 0 unspecified atom stereocenters. The van der Waals surface area contributed by atoms with E-state index >= 15 is 0 Å². The smallest absolute Gasteiger partial charge is 0.167 e. The fraction of sp³-hybridized carbons (Fsp3) is 0.412. The Morgan fingerprint density at radius 1 is 1.36 bits per heavy atom. The number of nitrogens with zero attached hydrogens (tertiary/aromatic N) is 7. The standard InChI is InChI=1S/C17H17N7O/c18-7-5-15(12-3-1-2-4-12)24-10-13(9-21-24)16-14-6-8-23(22-25)17(14)20-11-19-16/h6,8-12,15H,1-5H2/t15-/m0/s1. The molecule has 0 aromatic carbocycles. The zero-order valence-corrected chi connectivity index (χ0v) is 13.6. The number of rotatable bonds is 5. The quantitative estimate of drug-likeness (QED) is 0.664. The van der Waals surface area contributed by atoms with Crippen LogP contribution in [0.4, 0.5) is 0 Å². The molecule has 0 bridgehead atoms. The average Bonchev–Trinajstić information content (AvgIpc) is 3.39. The van der Waals surface area contributed by atoms with Gasteiger partial charge in [0, 0.05) is 23.3 Å². The highest BCUT2D eigenvalue weighted by atomic mass is 16.3. The summed E-state index contributed by atoms with van der Waals surface area (Å²) in [5.74, 6) is 0.498. The van der Waals surface area contributed by atoms with Gasteiger partial charge in [0.05, 0.1) is 35.7 Å². The van der Waals surface area contributed by atoms with Crippen LogP contribution in [-0.4, -0.2) is 24.4 Å². The van der Waals surface area contributed by atoms with Crippen LogP contribution < -0.4 is 0 Å². The summed E-state index contributed by atoms with van der Waals surface area (Å²) in [6.45, 7) is 0. The summed E-state index contributed by atoms with van der Waals surface area (Å²) in [5.41, 5.74) is 2.02. The molecule has 3 aromatic rings. The van der Waals surface area contributed by atoms with E-state index in [1.807, 2.05) is 10.9 Å². The SMILES string of the molecule is N#CC[C@@H](C1CCCC1)n1cc(-c2ncnc3c2ccn3N=O)cn1. The van der Waals surface area contributed by atoms with Gasteiger partial charge in [-0.25, -0.2) is 9.97 Å². The fourth-order valence-corrected chi connectivity index (χ4v) is 3.79. The van der Waals surface area contributed by atoms with Gasteiger partial charge in [-0.15, -0.1) is 4.91 Å². The van der Waals surface area contributed by atoms with Crippen LogP contribution >= 0.6 is 0 Å². The summed E-state index contributed by atoms with van der Waals surface area (Å²) in [5, 5.41) is 17.4. The van der Waals surface area contributed by atoms with Crippen LogP contribution in [-0.2, 0) is 0 Å². The van der Waals surface area contributed by atoms with Gasteiger partial charge in [0.25, 0.3) is 0 Å². The monoisotopic (exact) mass is 335 g/mol. The first kappa shape index (κ1) is 15.4. The molecule has 1 saturated carbocycles. The number of nitroso groups, excluding NO2 is 1. The van der Waals surface area contributed by atoms with Crippen molar-refractivity contribution in [2.75, 3.05) is 0 Å². The Bertz CT molecular complexity index is 945. The summed E-state index contributed by atoms with van der Waals surface area (Å²) in [6.07, 6.45) is 11.9. The molecular weight excluding hydrogens is 318 g/mol. The molecule has 1 atom stereocenters. The Balaban J connectivity index is 1.72. The zero-order valence-electron chi connectivity index (χ0n) is 13.6. The minimum atomic E-state index is 0.0971. The lowest BCUT2D eigenvalue weighted by molar-refractivity contribution is 0.315. The maximum atomic E-state index is 10.8. The maximum Gasteiger partial charge on any atom is 0.167 e. The Labute approximate surface area is 144 Å². The van der Waals surface area contributed by atoms with Crippen LogP contribution in [0.15, 0.2) is 36.3 Å². The minimum Gasteiger partial charge on any atom is -0.268 e. The number of hydrogen-bond donors (Lipinski definition) is 0. The van der Waals surface area contributed by atoms with Gasteiger partial charge in [0.1, 0.15) is 6.33 Å². The van der Waals surface area contributed by atoms with Crippen LogP contribution in [0.2, 0.25) is 0 Å². The predicted octanol–water partition coefficient (Wildman–Crippen LogP) is 3.47. The van der Waals surface area contributed by atoms with Gasteiger partial charge in [-0.3, -0.25) is 4.68 Å². The molecule has 0 amide bonds. The second kappa shape index (κ2) is 6.43. The molecule has 3 aromatic heterocycles. The summed E-state index contributed by atoms with van der Waals surface area (Å²) in [4.78, 5) is 19.3. The second-order valence-corrected chi connectivity index (χ2v) is 6.38. The number of hydrogen-bond acceptors (Lipinski definition) is 6. The van der Waals surface area contributed by atoms with Crippen LogP contribution in [0, 0.1) is 22.2 Å². The second-order valence-electron chi connectivity index (χ2n) is 6.38. The maximum absolute atomic E-state index is 10.8. The van der Waals surface area contributed by atoms with E-state index < -0.39 is 0 Å². The van der Waals surface area contributed by atoms with Crippen molar-refractivity contribution in [3.63, 3.8) is 0 Å². The number of fused-ring (bicyclic) bond motifs is 1. The van der Waals surface area contributed by atoms with Crippen LogP contribution in [0.25, 0.3) is 22.3 Å². The van der Waals surface area contributed by atoms with Gasteiger partial charge >= 0.3 is 0 Å². The van der Waals surface area contributed by atoms with Crippen LogP contribution in [0.5, 0.6) is 0 Å². The molecular formula is C17H17N7O. The van der Waals surface area contributed by atoms with E-state index in [1.54, 1.807) is 18.5 Å². The first-order valence-electron chi connectivity index (χ1n) is 8.39. The van der Waals surface area contributed by atoms with Crippen LogP contribution in [0.1, 0.15) is 38.1 Å². The fourth-order valence-electron chi connectivity index (χ4n) is 3.79. The first-order chi connectivity index (χ1) is 12.3. The topological polar surface area (TPSA) is 102 Å². The van der Waals surface area contributed by atoms with Crippen LogP contribution in [0.3, 0.4) is 0 Å². The molecule has 8 nitrogen and oxygen atoms in total. The van der Waals surface area contributed by atoms with Gasteiger partial charge in [-0.2, -0.15) is 15.0 Å². The summed E-state index contributed by atoms with van der Waals surface area (Å²) >= 11 is 0. The molecule has 0 radical (unpaired) electrons. The lowest BCUT2D eigenvalue weighted by Crippen LogP contribution is -2.17. The number of nitriles is 1. The molecule has 0 saturated heterocycles. The van der Waals surface area contributed by atoms with E-state index in [0.717, 1.165) is 23.8 Å². The van der Waals surface area contributed by atoms with Crippen molar-refractivity contribution in [2.45, 2.75) is 38.1 Å². The van der Waals surface area contributed by atoms with E-state index in [-0.39, 0.29) is 6.04 Å². The van der Waals surface area contributed by atoms with Gasteiger partial charge < -0.3 is 0 Å². The lowest BCUT2D eigenvalue weighted by Gasteiger charge is -2.21. The third-order valence-corrected chi connectivity index (χ3v) is 5.01. The number of aromatic nitrogens is 5. The van der Waals surface area contributed by atoms with Crippen molar-refractivity contribution in [2.24, 2.45) is 11.2 Å². The van der Waals surface area contributed by atoms with E-state index in [1.165, 1.54) is 23.8 Å². The van der Waals surface area contributed by atoms with Gasteiger partial charge in [0.2, 0.25) is 0 Å². The third kappa shape index (κ3) is 2.67. The predicted molar refractivity (Wildman–Crippen MR) is 91.2 cm³/mol. The van der Waals surface area contributed by atoms with Crippen molar-refractivity contribution in [1.82, 2.24) is 24.4 Å². The minimum absolute atomic E-state index is 0.0971. The average molecular weight is 335 g/mol. The molecule has 3 heterocycles. The molecule has 1 aliphatic rings. The van der Waals surface area contributed by atoms with E-state index in [4.69, 9.17) is 0 Å². The molecule has 4 rings (SSSR count). The Morgan fingerprint density at radius 2 is 2.20 bits per heavy atom. The highest BCUT2D eigenvalue weighted by molar-refractivity contribution is 5.90. The molecule has 1 aliphatic carbocycles. The molecule has 126 valence electrons. The summed E-state index contributed by atoms with van der Waals surface area (Å²) in [6, 6.07) is 4.16. The summed E-state index contributed by atoms with van der Waals surface area (Å²) < 4.78 is 3.08. The molecule has 25 heavy (non-hydrogen) atoms. The highest BCUT2D eigenvalue weighted by Gasteiger charge is 2.27. The molecule has 8 heteroatoms. The van der Waals surface area contributed by atoms with E-state index in [2.05, 4.69) is 26.4 Å². The van der Waals surface area contributed by atoms with Crippen molar-refractivity contribution >= 4 is 11.0 Å². The molecule has 1 fully saturated rings. The highest BCUT2D eigenvalue weighted by Crippen LogP contribution is 2.36. The molecule has 0 N–H and O–H groups in total. The van der Waals surface area contributed by atoms with Gasteiger partial charge in [-0.1, -0.05) is 12.8 Å². The van der Waals surface area contributed by atoms with Gasteiger partial charge in [0.15, 0.2) is 5.65 Å². The van der Waals surface area contributed by atoms with Crippen molar-refractivity contribution in [3.05, 3.63) is 35.9 Å². The largest absolute Gasteiger partial charge is 0.268 e. The van der Waals surface area contributed by atoms with E-state index in [9.17, 15) is 10.2 Å². The molecule has 0 aliphatic heterocycles. The normalized spacial score (nSPS) is 16.1. The van der Waals surface area contributed by atoms with E-state index in [0.29, 0.717) is 23.7 Å². The Morgan fingerprint density at radius 3 is 2.96 bits per heavy atom. The zero-order chi connectivity index (χ0) is 17.2. The summed E-state index contributed by atoms with van der Waals surface area (Å²) in [7, 11) is 0. The Hall–Kier alpha value is -3.08. The van der Waals surface area contributed by atoms with Crippen molar-refractivity contribution < 1.29 is 0 Å². The lowest BCUT2D eigenvalue weighted by atomic mass is 9.96. The first-order valence-corrected chi connectivity index (χ1v) is 8.39.